The molecule has 0 saturated carbocycles. The van der Waals surface area contributed by atoms with Crippen molar-refractivity contribution >= 4 is 22.6 Å². The number of pyridine rings is 1. The number of aromatic nitrogens is 1. The van der Waals surface area contributed by atoms with E-state index >= 15 is 0 Å². The molecule has 0 aliphatic carbocycles. The number of amides is 1. The van der Waals surface area contributed by atoms with Gasteiger partial charge in [-0.1, -0.05) is 24.3 Å². The number of aliphatic carboxylic acids is 1. The molecule has 0 bridgehead atoms. The molecule has 2 rings (SSSR count). The number of fused-ring (bicyclic) bond motifs is 1. The van der Waals surface area contributed by atoms with Gasteiger partial charge in [0.15, 0.2) is 0 Å². The van der Waals surface area contributed by atoms with E-state index in [0.29, 0.717) is 0 Å². The number of carboxylic acids is 1. The maximum absolute atomic E-state index is 11.8. The van der Waals surface area contributed by atoms with Gasteiger partial charge in [-0.25, -0.2) is 0 Å². The number of hydrogen-bond acceptors (Lipinski definition) is 3. The van der Waals surface area contributed by atoms with Crippen LogP contribution in [0.15, 0.2) is 30.5 Å². The summed E-state index contributed by atoms with van der Waals surface area (Å²) in [4.78, 5) is 26.3. The summed E-state index contributed by atoms with van der Waals surface area (Å²) in [5.74, 6) is -1.56. The average molecular weight is 244 g/mol. The molecule has 1 aromatic carbocycles. The molecule has 18 heavy (non-hydrogen) atoms. The Kier molecular flexibility index (Phi) is 3.23. The summed E-state index contributed by atoms with van der Waals surface area (Å²) in [6.07, 6.45) is 1.61. The lowest BCUT2D eigenvalue weighted by atomic mass is 10.1. The van der Waals surface area contributed by atoms with Crippen LogP contribution in [-0.4, -0.2) is 28.5 Å². The summed E-state index contributed by atoms with van der Waals surface area (Å²) in [6, 6.07) is 7.40. The molecule has 0 unspecified atom stereocenters. The molecule has 5 nitrogen and oxygen atoms in total. The lowest BCUT2D eigenvalue weighted by molar-refractivity contribution is -0.135. The van der Waals surface area contributed by atoms with Crippen LogP contribution in [0, 0.1) is 6.92 Å². The van der Waals surface area contributed by atoms with E-state index in [-0.39, 0.29) is 5.69 Å². The van der Waals surface area contributed by atoms with Gasteiger partial charge >= 0.3 is 5.97 Å². The molecule has 0 spiro atoms. The maximum atomic E-state index is 11.8. The first kappa shape index (κ1) is 12.0. The Morgan fingerprint density at radius 3 is 2.61 bits per heavy atom. The number of nitrogens with zero attached hydrogens (tertiary/aromatic N) is 1. The van der Waals surface area contributed by atoms with E-state index in [2.05, 4.69) is 10.3 Å². The Labute approximate surface area is 103 Å². The van der Waals surface area contributed by atoms with Crippen molar-refractivity contribution in [3.63, 3.8) is 0 Å². The fourth-order valence-corrected chi connectivity index (χ4v) is 1.75. The van der Waals surface area contributed by atoms with Gasteiger partial charge in [-0.3, -0.25) is 14.6 Å². The zero-order valence-electron chi connectivity index (χ0n) is 9.80. The number of benzene rings is 1. The normalized spacial score (nSPS) is 10.3. The largest absolute Gasteiger partial charge is 0.480 e. The summed E-state index contributed by atoms with van der Waals surface area (Å²) < 4.78 is 0. The minimum absolute atomic E-state index is 0.248. The summed E-state index contributed by atoms with van der Waals surface area (Å²) in [5, 5.41) is 12.5. The smallest absolute Gasteiger partial charge is 0.322 e. The van der Waals surface area contributed by atoms with E-state index in [0.717, 1.165) is 16.3 Å². The highest BCUT2D eigenvalue weighted by Gasteiger charge is 2.13. The number of hydrogen-bond donors (Lipinski definition) is 2. The highest BCUT2D eigenvalue weighted by Crippen LogP contribution is 2.19. The minimum Gasteiger partial charge on any atom is -0.480 e. The van der Waals surface area contributed by atoms with Crippen molar-refractivity contribution in [2.75, 3.05) is 6.54 Å². The SMILES string of the molecule is Cc1cnc(C(=O)NCC(=O)O)c2ccccc12. The Balaban J connectivity index is 2.42. The summed E-state index contributed by atoms with van der Waals surface area (Å²) in [5.41, 5.74) is 1.22. The lowest BCUT2D eigenvalue weighted by Gasteiger charge is -2.07. The molecule has 0 aliphatic heterocycles. The van der Waals surface area contributed by atoms with E-state index in [4.69, 9.17) is 5.11 Å². The van der Waals surface area contributed by atoms with Gasteiger partial charge < -0.3 is 10.4 Å². The van der Waals surface area contributed by atoms with Gasteiger partial charge in [0.25, 0.3) is 5.91 Å². The maximum Gasteiger partial charge on any atom is 0.322 e. The predicted molar refractivity (Wildman–Crippen MR) is 66.4 cm³/mol. The minimum atomic E-state index is -1.08. The highest BCUT2D eigenvalue weighted by atomic mass is 16.4. The van der Waals surface area contributed by atoms with E-state index in [1.165, 1.54) is 0 Å². The van der Waals surface area contributed by atoms with Gasteiger partial charge in [-0.15, -0.1) is 0 Å². The van der Waals surface area contributed by atoms with Crippen molar-refractivity contribution in [2.45, 2.75) is 6.92 Å². The molecule has 2 aromatic rings. The van der Waals surface area contributed by atoms with Crippen LogP contribution in [0.1, 0.15) is 16.1 Å². The molecule has 0 radical (unpaired) electrons. The van der Waals surface area contributed by atoms with Crippen molar-refractivity contribution in [3.8, 4) is 0 Å². The van der Waals surface area contributed by atoms with Crippen molar-refractivity contribution in [2.24, 2.45) is 0 Å². The Bertz CT molecular complexity index is 623. The van der Waals surface area contributed by atoms with Crippen LogP contribution in [-0.2, 0) is 4.79 Å². The zero-order valence-corrected chi connectivity index (χ0v) is 9.80. The fourth-order valence-electron chi connectivity index (χ4n) is 1.75. The van der Waals surface area contributed by atoms with E-state index < -0.39 is 18.4 Å². The van der Waals surface area contributed by atoms with Gasteiger partial charge in [0.2, 0.25) is 0 Å². The molecule has 0 aliphatic rings. The molecular weight excluding hydrogens is 232 g/mol. The van der Waals surface area contributed by atoms with Crippen LogP contribution in [0.5, 0.6) is 0 Å². The van der Waals surface area contributed by atoms with Crippen LogP contribution in [0.4, 0.5) is 0 Å². The molecule has 0 saturated heterocycles. The number of carboxylic acid groups (broad SMARTS) is 1. The van der Waals surface area contributed by atoms with Crippen molar-refractivity contribution in [1.29, 1.82) is 0 Å². The van der Waals surface area contributed by atoms with Gasteiger partial charge in [0, 0.05) is 11.6 Å². The number of carbonyl (C=O) groups excluding carboxylic acids is 1. The van der Waals surface area contributed by atoms with Gasteiger partial charge in [-0.2, -0.15) is 0 Å². The highest BCUT2D eigenvalue weighted by molar-refractivity contribution is 6.06. The van der Waals surface area contributed by atoms with Crippen molar-refractivity contribution in [3.05, 3.63) is 41.7 Å². The Hall–Kier alpha value is -2.43. The van der Waals surface area contributed by atoms with Gasteiger partial charge in [0.1, 0.15) is 12.2 Å². The topological polar surface area (TPSA) is 79.3 Å². The molecule has 5 heteroatoms. The molecule has 92 valence electrons. The number of aryl methyl sites for hydroxylation is 1. The standard InChI is InChI=1S/C13H12N2O3/c1-8-6-14-12(13(18)15-7-11(16)17)10-5-3-2-4-9(8)10/h2-6H,7H2,1H3,(H,15,18)(H,16,17). The number of rotatable bonds is 3. The van der Waals surface area contributed by atoms with Gasteiger partial charge in [0.05, 0.1) is 0 Å². The molecule has 1 amide bonds. The molecular formula is C13H12N2O3. The molecule has 0 fully saturated rings. The van der Waals surface area contributed by atoms with Crippen LogP contribution < -0.4 is 5.32 Å². The average Bonchev–Trinajstić information content (AvgIpc) is 2.37. The monoisotopic (exact) mass is 244 g/mol. The second-order valence-corrected chi connectivity index (χ2v) is 3.91. The predicted octanol–water partition coefficient (Wildman–Crippen LogP) is 1.36. The third-order valence-electron chi connectivity index (χ3n) is 2.61. The molecule has 1 heterocycles. The Morgan fingerprint density at radius 1 is 1.28 bits per heavy atom. The molecule has 1 aromatic heterocycles. The zero-order chi connectivity index (χ0) is 13.1. The van der Waals surface area contributed by atoms with E-state index in [1.807, 2.05) is 25.1 Å². The van der Waals surface area contributed by atoms with Crippen LogP contribution in [0.25, 0.3) is 10.8 Å². The number of nitrogens with one attached hydrogen (secondary N) is 1. The third-order valence-corrected chi connectivity index (χ3v) is 2.61. The van der Waals surface area contributed by atoms with Crippen molar-refractivity contribution in [1.82, 2.24) is 10.3 Å². The van der Waals surface area contributed by atoms with Crippen LogP contribution >= 0.6 is 0 Å². The van der Waals surface area contributed by atoms with E-state index in [1.54, 1.807) is 12.3 Å². The van der Waals surface area contributed by atoms with Crippen molar-refractivity contribution < 1.29 is 14.7 Å². The summed E-state index contributed by atoms with van der Waals surface area (Å²) in [7, 11) is 0. The summed E-state index contributed by atoms with van der Waals surface area (Å²) in [6.45, 7) is 1.50. The lowest BCUT2D eigenvalue weighted by Crippen LogP contribution is -2.30. The third kappa shape index (κ3) is 2.29. The molecule has 0 atom stereocenters. The Morgan fingerprint density at radius 2 is 1.94 bits per heavy atom. The second kappa shape index (κ2) is 4.83. The van der Waals surface area contributed by atoms with Gasteiger partial charge in [-0.05, 0) is 17.9 Å². The quantitative estimate of drug-likeness (QED) is 0.854. The van der Waals surface area contributed by atoms with Crippen LogP contribution in [0.3, 0.4) is 0 Å². The van der Waals surface area contributed by atoms with E-state index in [9.17, 15) is 9.59 Å². The summed E-state index contributed by atoms with van der Waals surface area (Å²) >= 11 is 0. The number of carbonyl (C=O) groups is 2. The fraction of sp³-hybridized carbons (Fsp3) is 0.154. The molecule has 2 N–H and O–H groups in total. The van der Waals surface area contributed by atoms with Crippen LogP contribution in [0.2, 0.25) is 0 Å². The first-order chi connectivity index (χ1) is 8.59. The first-order valence-electron chi connectivity index (χ1n) is 5.44. The second-order valence-electron chi connectivity index (χ2n) is 3.91. The first-order valence-corrected chi connectivity index (χ1v) is 5.44.